The molecule has 1 amide bonds. The molecule has 1 atom stereocenters. The van der Waals surface area contributed by atoms with Gasteiger partial charge in [-0.15, -0.1) is 0 Å². The third-order valence-corrected chi connectivity index (χ3v) is 8.85. The van der Waals surface area contributed by atoms with Crippen molar-refractivity contribution in [2.45, 2.75) is 89.6 Å². The summed E-state index contributed by atoms with van der Waals surface area (Å²) in [6.45, 7) is 3.23. The third-order valence-electron chi connectivity index (χ3n) is 8.85. The van der Waals surface area contributed by atoms with Gasteiger partial charge in [-0.05, 0) is 81.6 Å². The first kappa shape index (κ1) is 25.3. The number of nitrogens with zero attached hydrogens (tertiary/aromatic N) is 3. The summed E-state index contributed by atoms with van der Waals surface area (Å²) < 4.78 is 1.87. The van der Waals surface area contributed by atoms with Gasteiger partial charge in [0.25, 0.3) is 5.56 Å². The van der Waals surface area contributed by atoms with Crippen LogP contribution in [0.1, 0.15) is 92.6 Å². The average molecular weight is 490 g/mol. The van der Waals surface area contributed by atoms with Crippen molar-refractivity contribution in [3.8, 4) is 0 Å². The van der Waals surface area contributed by atoms with Crippen molar-refractivity contribution in [2.75, 3.05) is 19.6 Å². The van der Waals surface area contributed by atoms with Gasteiger partial charge in [-0.3, -0.25) is 14.5 Å². The van der Waals surface area contributed by atoms with Gasteiger partial charge < -0.3 is 9.47 Å². The lowest BCUT2D eigenvalue weighted by Crippen LogP contribution is -2.45. The second-order valence-corrected chi connectivity index (χ2v) is 11.3. The molecule has 5 nitrogen and oxygen atoms in total. The normalized spacial score (nSPS) is 20.0. The predicted octanol–water partition coefficient (Wildman–Crippen LogP) is 5.40. The lowest BCUT2D eigenvalue weighted by molar-refractivity contribution is -0.138. The topological polar surface area (TPSA) is 45.5 Å². The number of pyridine rings is 1. The molecule has 2 heterocycles. The summed E-state index contributed by atoms with van der Waals surface area (Å²) in [4.78, 5) is 32.1. The number of fused-ring (bicyclic) bond motifs is 1. The highest BCUT2D eigenvalue weighted by atomic mass is 16.2. The molecule has 0 bridgehead atoms. The first-order chi connectivity index (χ1) is 17.6. The molecule has 5 heteroatoms. The number of hydrogen-bond acceptors (Lipinski definition) is 3. The Balaban J connectivity index is 1.48. The van der Waals surface area contributed by atoms with E-state index >= 15 is 0 Å². The van der Waals surface area contributed by atoms with Crippen molar-refractivity contribution < 1.29 is 4.79 Å². The number of piperidine rings is 1. The van der Waals surface area contributed by atoms with Crippen LogP contribution < -0.4 is 5.56 Å². The minimum atomic E-state index is 0.0753. The third kappa shape index (κ3) is 5.61. The molecule has 0 radical (unpaired) electrons. The number of carbonyl (C=O) groups excluding carboxylic acids is 1. The molecule has 0 N–H and O–H groups in total. The average Bonchev–Trinajstić information content (AvgIpc) is 2.94. The maximum absolute atomic E-state index is 14.0. The van der Waals surface area contributed by atoms with Gasteiger partial charge in [-0.2, -0.15) is 0 Å². The van der Waals surface area contributed by atoms with Gasteiger partial charge >= 0.3 is 0 Å². The van der Waals surface area contributed by atoms with E-state index in [1.807, 2.05) is 11.6 Å². The van der Waals surface area contributed by atoms with Crippen LogP contribution in [-0.4, -0.2) is 39.9 Å². The van der Waals surface area contributed by atoms with E-state index in [1.165, 1.54) is 48.9 Å². The lowest BCUT2D eigenvalue weighted by Gasteiger charge is -2.39. The van der Waals surface area contributed by atoms with Crippen LogP contribution in [0.4, 0.5) is 0 Å². The maximum atomic E-state index is 14.0. The van der Waals surface area contributed by atoms with E-state index in [2.05, 4.69) is 46.2 Å². The van der Waals surface area contributed by atoms with Crippen LogP contribution in [0.5, 0.6) is 0 Å². The van der Waals surface area contributed by atoms with Gasteiger partial charge in [-0.25, -0.2) is 0 Å². The highest BCUT2D eigenvalue weighted by Crippen LogP contribution is 2.30. The van der Waals surface area contributed by atoms with Crippen LogP contribution >= 0.6 is 0 Å². The summed E-state index contributed by atoms with van der Waals surface area (Å²) in [6.07, 6.45) is 13.5. The first-order valence-corrected chi connectivity index (χ1v) is 14.4. The fraction of sp³-hybridized carbons (Fsp3) is 0.613. The quantitative estimate of drug-likeness (QED) is 0.523. The van der Waals surface area contributed by atoms with E-state index in [9.17, 15) is 9.59 Å². The van der Waals surface area contributed by atoms with Crippen LogP contribution in [0.2, 0.25) is 0 Å². The van der Waals surface area contributed by atoms with Gasteiger partial charge in [0.05, 0.1) is 12.6 Å². The Morgan fingerprint density at radius 3 is 2.39 bits per heavy atom. The van der Waals surface area contributed by atoms with Gasteiger partial charge in [-0.1, -0.05) is 56.0 Å². The van der Waals surface area contributed by atoms with E-state index in [1.54, 1.807) is 0 Å². The highest BCUT2D eigenvalue weighted by molar-refractivity contribution is 5.79. The zero-order valence-corrected chi connectivity index (χ0v) is 22.1. The Kier molecular flexibility index (Phi) is 8.25. The number of likely N-dealkylation sites (tertiary alicyclic amines) is 1. The molecule has 0 spiro atoms. The van der Waals surface area contributed by atoms with Crippen molar-refractivity contribution in [2.24, 2.45) is 13.0 Å². The van der Waals surface area contributed by atoms with Gasteiger partial charge in [0.2, 0.25) is 5.91 Å². The Morgan fingerprint density at radius 2 is 1.64 bits per heavy atom. The zero-order chi connectivity index (χ0) is 24.9. The number of amides is 1. The zero-order valence-electron chi connectivity index (χ0n) is 22.1. The number of benzene rings is 1. The Morgan fingerprint density at radius 1 is 0.944 bits per heavy atom. The molecule has 1 unspecified atom stereocenters. The maximum Gasteiger partial charge on any atom is 0.255 e. The molecule has 1 saturated carbocycles. The fourth-order valence-electron chi connectivity index (χ4n) is 6.77. The molecular weight excluding hydrogens is 446 g/mol. The monoisotopic (exact) mass is 489 g/mol. The van der Waals surface area contributed by atoms with E-state index in [0.717, 1.165) is 63.6 Å². The predicted molar refractivity (Wildman–Crippen MR) is 145 cm³/mol. The Hall–Kier alpha value is -2.40. The molecular formula is C31H43N3O2. The van der Waals surface area contributed by atoms with E-state index in [4.69, 9.17) is 0 Å². The number of aromatic nitrogens is 1. The standard InChI is InChI=1S/C31H43N3O2/c1-32-28-18-10-9-17-26(28)21-27(30(32)35)22-34(31(36)25-15-7-3-8-16-25)23-29(24-13-5-2-6-14-24)33-19-11-4-12-20-33/h2,5-6,13-14,21,25,29H,3-4,7-12,15-20,22-23H2,1H3. The van der Waals surface area contributed by atoms with Crippen LogP contribution in [-0.2, 0) is 31.2 Å². The molecule has 3 aliphatic rings. The Bertz CT molecular complexity index is 1080. The molecule has 1 aliphatic heterocycles. The number of carbonyl (C=O) groups is 1. The molecule has 1 saturated heterocycles. The number of rotatable bonds is 7. The van der Waals surface area contributed by atoms with Crippen LogP contribution in [0.15, 0.2) is 41.2 Å². The molecule has 36 heavy (non-hydrogen) atoms. The largest absolute Gasteiger partial charge is 0.336 e. The first-order valence-electron chi connectivity index (χ1n) is 14.4. The molecule has 2 aliphatic carbocycles. The van der Waals surface area contributed by atoms with Crippen LogP contribution in [0.3, 0.4) is 0 Å². The van der Waals surface area contributed by atoms with E-state index in [0.29, 0.717) is 13.1 Å². The number of hydrogen-bond donors (Lipinski definition) is 0. The molecule has 1 aromatic carbocycles. The molecule has 2 aromatic rings. The van der Waals surface area contributed by atoms with Crippen molar-refractivity contribution in [3.63, 3.8) is 0 Å². The van der Waals surface area contributed by atoms with Crippen molar-refractivity contribution in [3.05, 3.63) is 69.1 Å². The summed E-state index contributed by atoms with van der Waals surface area (Å²) in [6, 6.07) is 13.0. The second-order valence-electron chi connectivity index (χ2n) is 11.3. The van der Waals surface area contributed by atoms with Crippen LogP contribution in [0.25, 0.3) is 0 Å². The lowest BCUT2D eigenvalue weighted by atomic mass is 9.87. The summed E-state index contributed by atoms with van der Waals surface area (Å²) >= 11 is 0. The molecule has 5 rings (SSSR count). The van der Waals surface area contributed by atoms with Crippen molar-refractivity contribution >= 4 is 5.91 Å². The van der Waals surface area contributed by atoms with Crippen LogP contribution in [0, 0.1) is 5.92 Å². The summed E-state index contributed by atoms with van der Waals surface area (Å²) in [5.74, 6) is 0.352. The SMILES string of the molecule is Cn1c2c(cc(CN(CC(c3ccccc3)N3CCCCC3)C(=O)C3CCCCC3)c1=O)CCCC2. The summed E-state index contributed by atoms with van der Waals surface area (Å²) in [7, 11) is 1.92. The van der Waals surface area contributed by atoms with Gasteiger partial charge in [0, 0.05) is 30.8 Å². The number of aryl methyl sites for hydroxylation is 1. The molecule has 194 valence electrons. The van der Waals surface area contributed by atoms with E-state index in [-0.39, 0.29) is 23.4 Å². The summed E-state index contributed by atoms with van der Waals surface area (Å²) in [5, 5.41) is 0. The highest BCUT2D eigenvalue weighted by Gasteiger charge is 2.31. The smallest absolute Gasteiger partial charge is 0.255 e. The minimum Gasteiger partial charge on any atom is -0.336 e. The second kappa shape index (κ2) is 11.8. The molecule has 1 aromatic heterocycles. The minimum absolute atomic E-state index is 0.0753. The Labute approximate surface area is 216 Å². The van der Waals surface area contributed by atoms with Gasteiger partial charge in [0.1, 0.15) is 0 Å². The van der Waals surface area contributed by atoms with Crippen molar-refractivity contribution in [1.29, 1.82) is 0 Å². The molecule has 2 fully saturated rings. The summed E-state index contributed by atoms with van der Waals surface area (Å²) in [5.41, 5.74) is 4.63. The van der Waals surface area contributed by atoms with E-state index < -0.39 is 0 Å². The fourth-order valence-corrected chi connectivity index (χ4v) is 6.77. The van der Waals surface area contributed by atoms with Gasteiger partial charge in [0.15, 0.2) is 0 Å². The van der Waals surface area contributed by atoms with Crippen molar-refractivity contribution in [1.82, 2.24) is 14.4 Å².